The van der Waals surface area contributed by atoms with Crippen LogP contribution in [0.5, 0.6) is 0 Å². The number of aliphatic imine (C=N–C) groups is 1. The first-order chi connectivity index (χ1) is 14.7. The van der Waals surface area contributed by atoms with Crippen molar-refractivity contribution >= 4 is 53.1 Å². The van der Waals surface area contributed by atoms with Crippen molar-refractivity contribution in [1.82, 2.24) is 10.6 Å². The fourth-order valence-electron chi connectivity index (χ4n) is 3.28. The van der Waals surface area contributed by atoms with Crippen molar-refractivity contribution in [1.29, 1.82) is 0 Å². The van der Waals surface area contributed by atoms with E-state index in [1.54, 1.807) is 0 Å². The average molecular weight is 557 g/mol. The first-order valence-corrected chi connectivity index (χ1v) is 10.8. The number of anilines is 1. The van der Waals surface area contributed by atoms with E-state index in [0.29, 0.717) is 13.2 Å². The quantitative estimate of drug-likeness (QED) is 0.256. The first-order valence-electron chi connectivity index (χ1n) is 10.4. The molecule has 1 atom stereocenters. The van der Waals surface area contributed by atoms with E-state index >= 15 is 0 Å². The van der Waals surface area contributed by atoms with E-state index in [2.05, 4.69) is 20.9 Å². The molecule has 1 unspecified atom stereocenters. The van der Waals surface area contributed by atoms with Crippen molar-refractivity contribution in [2.45, 2.75) is 38.8 Å². The van der Waals surface area contributed by atoms with E-state index in [4.69, 9.17) is 16.3 Å². The molecule has 168 valence electrons. The molecule has 0 aromatic heterocycles. The van der Waals surface area contributed by atoms with Crippen molar-refractivity contribution in [2.75, 3.05) is 25.0 Å². The van der Waals surface area contributed by atoms with Crippen LogP contribution in [0.1, 0.15) is 30.9 Å². The van der Waals surface area contributed by atoms with Gasteiger partial charge in [0, 0.05) is 30.4 Å². The highest BCUT2D eigenvalue weighted by Gasteiger charge is 2.23. The zero-order chi connectivity index (χ0) is 21.2. The SMILES string of the molecule is CCNC(=NCc1cccc(NC(=O)C2CCCO2)c1)NCCc1ccccc1Cl.I. The first kappa shape index (κ1) is 25.4. The van der Waals surface area contributed by atoms with E-state index in [-0.39, 0.29) is 36.0 Å². The Morgan fingerprint density at radius 2 is 2.03 bits per heavy atom. The lowest BCUT2D eigenvalue weighted by Gasteiger charge is -2.13. The van der Waals surface area contributed by atoms with Gasteiger partial charge in [0.1, 0.15) is 6.10 Å². The fourth-order valence-corrected chi connectivity index (χ4v) is 3.51. The number of ether oxygens (including phenoxy) is 1. The zero-order valence-corrected chi connectivity index (χ0v) is 20.8. The van der Waals surface area contributed by atoms with E-state index in [1.165, 1.54) is 0 Å². The third kappa shape index (κ3) is 8.31. The second kappa shape index (κ2) is 13.5. The van der Waals surface area contributed by atoms with Crippen molar-refractivity contribution in [3.8, 4) is 0 Å². The largest absolute Gasteiger partial charge is 0.368 e. The van der Waals surface area contributed by atoms with Crippen LogP contribution in [0.15, 0.2) is 53.5 Å². The third-order valence-electron chi connectivity index (χ3n) is 4.83. The monoisotopic (exact) mass is 556 g/mol. The molecular weight excluding hydrogens is 527 g/mol. The number of hydrogen-bond donors (Lipinski definition) is 3. The lowest BCUT2D eigenvalue weighted by Crippen LogP contribution is -2.38. The summed E-state index contributed by atoms with van der Waals surface area (Å²) in [6, 6.07) is 15.6. The van der Waals surface area contributed by atoms with Gasteiger partial charge in [0.15, 0.2) is 5.96 Å². The van der Waals surface area contributed by atoms with Crippen LogP contribution in [-0.4, -0.2) is 37.7 Å². The Balaban J connectivity index is 0.00000341. The number of halogens is 2. The Hall–Kier alpha value is -1.84. The summed E-state index contributed by atoms with van der Waals surface area (Å²) in [5.74, 6) is 0.668. The third-order valence-corrected chi connectivity index (χ3v) is 5.19. The molecule has 0 bridgehead atoms. The smallest absolute Gasteiger partial charge is 0.253 e. The lowest BCUT2D eigenvalue weighted by atomic mass is 10.1. The summed E-state index contributed by atoms with van der Waals surface area (Å²) in [4.78, 5) is 16.9. The number of nitrogens with one attached hydrogen (secondary N) is 3. The summed E-state index contributed by atoms with van der Waals surface area (Å²) < 4.78 is 5.44. The number of amides is 1. The molecule has 1 amide bonds. The summed E-state index contributed by atoms with van der Waals surface area (Å²) in [5.41, 5.74) is 2.89. The van der Waals surface area contributed by atoms with Gasteiger partial charge in [0.05, 0.1) is 6.54 Å². The number of carbonyl (C=O) groups excluding carboxylic acids is 1. The van der Waals surface area contributed by atoms with Gasteiger partial charge in [-0.1, -0.05) is 41.9 Å². The van der Waals surface area contributed by atoms with Gasteiger partial charge < -0.3 is 20.7 Å². The van der Waals surface area contributed by atoms with Crippen LogP contribution in [0.2, 0.25) is 5.02 Å². The molecule has 1 aliphatic rings. The molecule has 1 fully saturated rings. The molecular formula is C23H30ClIN4O2. The van der Waals surface area contributed by atoms with Crippen LogP contribution in [0.3, 0.4) is 0 Å². The van der Waals surface area contributed by atoms with Crippen LogP contribution in [0.25, 0.3) is 0 Å². The topological polar surface area (TPSA) is 74.8 Å². The Kier molecular flexibility index (Phi) is 11.1. The summed E-state index contributed by atoms with van der Waals surface area (Å²) in [5, 5.41) is 10.3. The molecule has 1 saturated heterocycles. The maximum Gasteiger partial charge on any atom is 0.253 e. The minimum absolute atomic E-state index is 0. The van der Waals surface area contributed by atoms with Crippen molar-refractivity contribution < 1.29 is 9.53 Å². The Morgan fingerprint density at radius 3 is 2.77 bits per heavy atom. The minimum atomic E-state index is -0.339. The van der Waals surface area contributed by atoms with Crippen LogP contribution >= 0.6 is 35.6 Å². The standard InChI is InChI=1S/C23H29ClN4O2.HI/c1-2-25-23(26-13-12-18-8-3-4-10-20(18)24)27-16-17-7-5-9-19(15-17)28-22(29)21-11-6-14-30-21;/h3-5,7-10,15,21H,2,6,11-14,16H2,1H3,(H,28,29)(H2,25,26,27);1H. The van der Waals surface area contributed by atoms with Crippen molar-refractivity contribution in [2.24, 2.45) is 4.99 Å². The van der Waals surface area contributed by atoms with Gasteiger partial charge in [-0.25, -0.2) is 4.99 Å². The predicted molar refractivity (Wildman–Crippen MR) is 137 cm³/mol. The molecule has 1 heterocycles. The number of hydrogen-bond acceptors (Lipinski definition) is 3. The van der Waals surface area contributed by atoms with Crippen molar-refractivity contribution in [3.63, 3.8) is 0 Å². The predicted octanol–water partition coefficient (Wildman–Crippen LogP) is 4.37. The van der Waals surface area contributed by atoms with Crippen molar-refractivity contribution in [3.05, 3.63) is 64.7 Å². The highest BCUT2D eigenvalue weighted by molar-refractivity contribution is 14.0. The van der Waals surface area contributed by atoms with E-state index < -0.39 is 0 Å². The molecule has 6 nitrogen and oxygen atoms in total. The molecule has 2 aromatic carbocycles. The van der Waals surface area contributed by atoms with Gasteiger partial charge in [-0.15, -0.1) is 24.0 Å². The van der Waals surface area contributed by atoms with Crippen LogP contribution in [0, 0.1) is 0 Å². The summed E-state index contributed by atoms with van der Waals surface area (Å²) in [7, 11) is 0. The van der Waals surface area contributed by atoms with Gasteiger partial charge in [-0.05, 0) is 55.5 Å². The number of benzene rings is 2. The number of carbonyl (C=O) groups is 1. The minimum Gasteiger partial charge on any atom is -0.368 e. The van der Waals surface area contributed by atoms with Gasteiger partial charge in [0.2, 0.25) is 0 Å². The fraction of sp³-hybridized carbons (Fsp3) is 0.391. The van der Waals surface area contributed by atoms with E-state index in [0.717, 1.165) is 60.1 Å². The Bertz CT molecular complexity index is 872. The number of nitrogens with zero attached hydrogens (tertiary/aromatic N) is 1. The normalized spacial score (nSPS) is 15.8. The molecule has 31 heavy (non-hydrogen) atoms. The van der Waals surface area contributed by atoms with E-state index in [9.17, 15) is 4.79 Å². The summed E-state index contributed by atoms with van der Waals surface area (Å²) >= 11 is 6.22. The maximum absolute atomic E-state index is 12.2. The molecule has 0 aliphatic carbocycles. The molecule has 0 spiro atoms. The Labute approximate surface area is 206 Å². The summed E-state index contributed by atoms with van der Waals surface area (Å²) in [6.07, 6.45) is 2.19. The van der Waals surface area contributed by atoms with Crippen LogP contribution in [-0.2, 0) is 22.5 Å². The highest BCUT2D eigenvalue weighted by atomic mass is 127. The van der Waals surface area contributed by atoms with Crippen LogP contribution < -0.4 is 16.0 Å². The molecule has 8 heteroatoms. The molecule has 0 saturated carbocycles. The maximum atomic E-state index is 12.2. The lowest BCUT2D eigenvalue weighted by molar-refractivity contribution is -0.124. The molecule has 1 aliphatic heterocycles. The van der Waals surface area contributed by atoms with Gasteiger partial charge in [-0.3, -0.25) is 4.79 Å². The second-order valence-corrected chi connectivity index (χ2v) is 7.56. The molecule has 2 aromatic rings. The average Bonchev–Trinajstić information content (AvgIpc) is 3.29. The van der Waals surface area contributed by atoms with Gasteiger partial charge >= 0.3 is 0 Å². The van der Waals surface area contributed by atoms with Gasteiger partial charge in [-0.2, -0.15) is 0 Å². The highest BCUT2D eigenvalue weighted by Crippen LogP contribution is 2.17. The number of guanidine groups is 1. The van der Waals surface area contributed by atoms with Gasteiger partial charge in [0.25, 0.3) is 5.91 Å². The zero-order valence-electron chi connectivity index (χ0n) is 17.7. The second-order valence-electron chi connectivity index (χ2n) is 7.15. The van der Waals surface area contributed by atoms with Crippen LogP contribution in [0.4, 0.5) is 5.69 Å². The summed E-state index contributed by atoms with van der Waals surface area (Å²) in [6.45, 7) is 4.70. The molecule has 3 rings (SSSR count). The number of rotatable bonds is 8. The Morgan fingerprint density at radius 1 is 1.19 bits per heavy atom. The molecule has 0 radical (unpaired) electrons. The molecule has 3 N–H and O–H groups in total. The van der Waals surface area contributed by atoms with E-state index in [1.807, 2.05) is 55.5 Å².